The minimum Gasteiger partial charge on any atom is -0.234 e. The summed E-state index contributed by atoms with van der Waals surface area (Å²) in [6.07, 6.45) is 0. The minimum atomic E-state index is 0.822. The van der Waals surface area contributed by atoms with Crippen molar-refractivity contribution in [2.45, 2.75) is 0 Å². The number of rotatable bonds is 1. The molecule has 1 heterocycles. The zero-order valence-corrected chi connectivity index (χ0v) is 12.3. The lowest BCUT2D eigenvalue weighted by Crippen LogP contribution is -1.83. The van der Waals surface area contributed by atoms with Crippen LogP contribution in [0.15, 0.2) is 50.1 Å². The van der Waals surface area contributed by atoms with Crippen LogP contribution in [0.2, 0.25) is 0 Å². The van der Waals surface area contributed by atoms with Gasteiger partial charge in [-0.05, 0) is 61.2 Å². The van der Waals surface area contributed by atoms with Gasteiger partial charge in [-0.3, -0.25) is 0 Å². The lowest BCUT2D eigenvalue weighted by molar-refractivity contribution is 1.23. The zero-order chi connectivity index (χ0) is 10.8. The molecule has 0 unspecified atom stereocenters. The first-order valence-corrected chi connectivity index (χ1v) is 6.63. The van der Waals surface area contributed by atoms with Gasteiger partial charge in [-0.25, -0.2) is 4.98 Å². The van der Waals surface area contributed by atoms with E-state index >= 15 is 0 Å². The molecule has 0 saturated carbocycles. The molecular formula is C11H6Br3N. The van der Waals surface area contributed by atoms with Gasteiger partial charge in [-0.15, -0.1) is 0 Å². The topological polar surface area (TPSA) is 12.9 Å². The predicted molar refractivity (Wildman–Crippen MR) is 72.8 cm³/mol. The number of hydrogen-bond donors (Lipinski definition) is 0. The number of nitrogens with zero attached hydrogens (tertiary/aromatic N) is 1. The second-order valence-corrected chi connectivity index (χ2v) is 5.46. The molecule has 2 aromatic rings. The molecule has 0 saturated heterocycles. The standard InChI is InChI=1S/C11H6Br3N/c12-9-4-2-1-3-8(9)7-5-10(13)15-11(14)6-7/h1-6H. The number of aromatic nitrogens is 1. The van der Waals surface area contributed by atoms with Crippen molar-refractivity contribution in [2.24, 2.45) is 0 Å². The molecule has 2 rings (SSSR count). The Morgan fingerprint density at radius 3 is 2.07 bits per heavy atom. The van der Waals surface area contributed by atoms with Crippen LogP contribution in [0.5, 0.6) is 0 Å². The largest absolute Gasteiger partial charge is 0.234 e. The zero-order valence-electron chi connectivity index (χ0n) is 7.55. The van der Waals surface area contributed by atoms with Crippen LogP contribution in [0.4, 0.5) is 0 Å². The summed E-state index contributed by atoms with van der Waals surface area (Å²) in [5.41, 5.74) is 2.28. The Bertz CT molecular complexity index is 477. The molecule has 0 spiro atoms. The van der Waals surface area contributed by atoms with E-state index in [1.54, 1.807) is 0 Å². The van der Waals surface area contributed by atoms with Gasteiger partial charge in [0.15, 0.2) is 0 Å². The van der Waals surface area contributed by atoms with Gasteiger partial charge in [0.05, 0.1) is 0 Å². The average molecular weight is 392 g/mol. The molecule has 0 bridgehead atoms. The van der Waals surface area contributed by atoms with Crippen LogP contribution >= 0.6 is 47.8 Å². The summed E-state index contributed by atoms with van der Waals surface area (Å²) in [4.78, 5) is 4.21. The third-order valence-corrected chi connectivity index (χ3v) is 3.45. The first-order valence-electron chi connectivity index (χ1n) is 4.25. The maximum absolute atomic E-state index is 4.21. The maximum Gasteiger partial charge on any atom is 0.108 e. The minimum absolute atomic E-state index is 0.822. The van der Waals surface area contributed by atoms with Crippen LogP contribution in [0.25, 0.3) is 11.1 Å². The number of halogens is 3. The van der Waals surface area contributed by atoms with E-state index in [1.165, 1.54) is 0 Å². The van der Waals surface area contributed by atoms with Crippen LogP contribution in [-0.4, -0.2) is 4.98 Å². The first-order chi connectivity index (χ1) is 7.16. The van der Waals surface area contributed by atoms with Crippen molar-refractivity contribution >= 4 is 47.8 Å². The fourth-order valence-electron chi connectivity index (χ4n) is 1.32. The van der Waals surface area contributed by atoms with Gasteiger partial charge in [0.1, 0.15) is 9.21 Å². The molecule has 0 aliphatic heterocycles. The Labute approximate surface area is 113 Å². The Morgan fingerprint density at radius 1 is 0.867 bits per heavy atom. The van der Waals surface area contributed by atoms with E-state index in [0.29, 0.717) is 0 Å². The molecule has 0 N–H and O–H groups in total. The van der Waals surface area contributed by atoms with Gasteiger partial charge in [0.2, 0.25) is 0 Å². The molecular weight excluding hydrogens is 386 g/mol. The summed E-state index contributed by atoms with van der Waals surface area (Å²) < 4.78 is 2.72. The average Bonchev–Trinajstić information content (AvgIpc) is 2.16. The SMILES string of the molecule is Brc1cc(-c2ccccc2Br)cc(Br)n1. The lowest BCUT2D eigenvalue weighted by Gasteiger charge is -2.05. The van der Waals surface area contributed by atoms with Gasteiger partial charge in [-0.1, -0.05) is 34.1 Å². The van der Waals surface area contributed by atoms with E-state index in [1.807, 2.05) is 30.3 Å². The third-order valence-electron chi connectivity index (χ3n) is 1.95. The van der Waals surface area contributed by atoms with Gasteiger partial charge in [-0.2, -0.15) is 0 Å². The van der Waals surface area contributed by atoms with Crippen LogP contribution in [0, 0.1) is 0 Å². The second kappa shape index (κ2) is 4.76. The van der Waals surface area contributed by atoms with Gasteiger partial charge >= 0.3 is 0 Å². The number of benzene rings is 1. The fourth-order valence-corrected chi connectivity index (χ4v) is 2.94. The van der Waals surface area contributed by atoms with E-state index in [2.05, 4.69) is 58.8 Å². The molecule has 1 aromatic heterocycles. The molecule has 1 nitrogen and oxygen atoms in total. The number of pyridine rings is 1. The maximum atomic E-state index is 4.21. The number of hydrogen-bond acceptors (Lipinski definition) is 1. The van der Waals surface area contributed by atoms with Crippen LogP contribution in [-0.2, 0) is 0 Å². The highest BCUT2D eigenvalue weighted by molar-refractivity contribution is 9.11. The molecule has 0 radical (unpaired) electrons. The van der Waals surface area contributed by atoms with Gasteiger partial charge < -0.3 is 0 Å². The lowest BCUT2D eigenvalue weighted by atomic mass is 10.1. The van der Waals surface area contributed by atoms with E-state index in [4.69, 9.17) is 0 Å². The second-order valence-electron chi connectivity index (χ2n) is 2.98. The summed E-state index contributed by atoms with van der Waals surface area (Å²) in [6, 6.07) is 12.1. The Balaban J connectivity index is 2.59. The Kier molecular flexibility index (Phi) is 3.59. The van der Waals surface area contributed by atoms with Crippen LogP contribution in [0.3, 0.4) is 0 Å². The molecule has 0 atom stereocenters. The monoisotopic (exact) mass is 389 g/mol. The van der Waals surface area contributed by atoms with E-state index < -0.39 is 0 Å². The smallest absolute Gasteiger partial charge is 0.108 e. The highest BCUT2D eigenvalue weighted by Crippen LogP contribution is 2.30. The molecule has 0 aliphatic carbocycles. The van der Waals surface area contributed by atoms with E-state index in [0.717, 1.165) is 24.8 Å². The van der Waals surface area contributed by atoms with Crippen molar-refractivity contribution in [2.75, 3.05) is 0 Å². The van der Waals surface area contributed by atoms with Gasteiger partial charge in [0.25, 0.3) is 0 Å². The van der Waals surface area contributed by atoms with E-state index in [9.17, 15) is 0 Å². The summed E-state index contributed by atoms with van der Waals surface area (Å²) >= 11 is 10.3. The summed E-state index contributed by atoms with van der Waals surface area (Å²) in [5.74, 6) is 0. The normalized spacial score (nSPS) is 10.3. The van der Waals surface area contributed by atoms with Crippen molar-refractivity contribution in [3.63, 3.8) is 0 Å². The fraction of sp³-hybridized carbons (Fsp3) is 0. The van der Waals surface area contributed by atoms with Gasteiger partial charge in [0, 0.05) is 4.47 Å². The first kappa shape index (κ1) is 11.3. The Morgan fingerprint density at radius 2 is 1.47 bits per heavy atom. The molecule has 1 aromatic carbocycles. The molecule has 0 amide bonds. The van der Waals surface area contributed by atoms with Crippen LogP contribution in [0.1, 0.15) is 0 Å². The van der Waals surface area contributed by atoms with Crippen molar-refractivity contribution in [1.29, 1.82) is 0 Å². The summed E-state index contributed by atoms with van der Waals surface area (Å²) in [7, 11) is 0. The molecule has 15 heavy (non-hydrogen) atoms. The van der Waals surface area contributed by atoms with Crippen molar-refractivity contribution in [3.05, 3.63) is 50.1 Å². The summed E-state index contributed by atoms with van der Waals surface area (Å²) in [6.45, 7) is 0. The third kappa shape index (κ3) is 2.68. The highest BCUT2D eigenvalue weighted by atomic mass is 79.9. The Hall–Kier alpha value is -0.190. The summed E-state index contributed by atoms with van der Waals surface area (Å²) in [5, 5.41) is 0. The molecule has 4 heteroatoms. The molecule has 0 fully saturated rings. The van der Waals surface area contributed by atoms with Crippen molar-refractivity contribution in [3.8, 4) is 11.1 Å². The van der Waals surface area contributed by atoms with Crippen molar-refractivity contribution in [1.82, 2.24) is 4.98 Å². The predicted octanol–water partition coefficient (Wildman–Crippen LogP) is 5.04. The molecule has 0 aliphatic rings. The van der Waals surface area contributed by atoms with Crippen molar-refractivity contribution < 1.29 is 0 Å². The van der Waals surface area contributed by atoms with E-state index in [-0.39, 0.29) is 0 Å². The highest BCUT2D eigenvalue weighted by Gasteiger charge is 2.04. The van der Waals surface area contributed by atoms with Crippen LogP contribution < -0.4 is 0 Å². The molecule has 76 valence electrons. The quantitative estimate of drug-likeness (QED) is 0.621.